The highest BCUT2D eigenvalue weighted by atomic mass is 19.1. The van der Waals surface area contributed by atoms with Crippen molar-refractivity contribution in [3.8, 4) is 11.4 Å². The summed E-state index contributed by atoms with van der Waals surface area (Å²) in [6.45, 7) is 1.93. The van der Waals surface area contributed by atoms with Crippen LogP contribution in [0.25, 0.3) is 11.4 Å². The van der Waals surface area contributed by atoms with Gasteiger partial charge in [-0.25, -0.2) is 19.3 Å². The molecule has 6 rings (SSSR count). The SMILES string of the molecule is Cc1ccc(NC(=O)C2C3CC(C3)N2c2ccccn2)cc1-c1ncc(F)cn1. The number of halogens is 1. The topological polar surface area (TPSA) is 71.0 Å². The summed E-state index contributed by atoms with van der Waals surface area (Å²) in [4.78, 5) is 27.9. The van der Waals surface area contributed by atoms with Crippen LogP contribution in [0, 0.1) is 18.7 Å². The number of hydrogen-bond donors (Lipinski definition) is 1. The lowest BCUT2D eigenvalue weighted by Gasteiger charge is -2.27. The van der Waals surface area contributed by atoms with Crippen LogP contribution in [0.5, 0.6) is 0 Å². The van der Waals surface area contributed by atoms with E-state index in [9.17, 15) is 9.18 Å². The molecule has 6 nitrogen and oxygen atoms in total. The molecule has 1 aromatic carbocycles. The molecule has 1 aliphatic carbocycles. The summed E-state index contributed by atoms with van der Waals surface area (Å²) in [5.41, 5.74) is 2.39. The molecule has 3 fully saturated rings. The lowest BCUT2D eigenvalue weighted by Crippen LogP contribution is -2.40. The summed E-state index contributed by atoms with van der Waals surface area (Å²) in [5, 5.41) is 3.05. The Morgan fingerprint density at radius 3 is 2.66 bits per heavy atom. The van der Waals surface area contributed by atoms with Gasteiger partial charge >= 0.3 is 0 Å². The first kappa shape index (κ1) is 17.7. The third-order valence-corrected chi connectivity index (χ3v) is 5.84. The van der Waals surface area contributed by atoms with E-state index < -0.39 is 5.82 Å². The maximum absolute atomic E-state index is 13.2. The second kappa shape index (κ2) is 6.92. The van der Waals surface area contributed by atoms with Crippen molar-refractivity contribution in [3.63, 3.8) is 0 Å². The molecule has 1 atom stereocenters. The molecule has 3 aromatic rings. The molecule has 4 heterocycles. The molecule has 1 saturated carbocycles. The smallest absolute Gasteiger partial charge is 0.247 e. The van der Waals surface area contributed by atoms with Crippen LogP contribution in [0.3, 0.4) is 0 Å². The van der Waals surface area contributed by atoms with Crippen molar-refractivity contribution in [2.75, 3.05) is 10.2 Å². The minimum atomic E-state index is -0.481. The van der Waals surface area contributed by atoms with Gasteiger partial charge < -0.3 is 10.2 Å². The van der Waals surface area contributed by atoms with Gasteiger partial charge in [0.15, 0.2) is 11.6 Å². The Kier molecular flexibility index (Phi) is 4.23. The second-order valence-electron chi connectivity index (χ2n) is 7.67. The van der Waals surface area contributed by atoms with Crippen molar-refractivity contribution in [2.24, 2.45) is 5.92 Å². The molecule has 1 unspecified atom stereocenters. The van der Waals surface area contributed by atoms with Gasteiger partial charge in [0.2, 0.25) is 5.91 Å². The predicted molar refractivity (Wildman–Crippen MR) is 108 cm³/mol. The number of aromatic nitrogens is 3. The van der Waals surface area contributed by atoms with E-state index in [0.717, 1.165) is 42.2 Å². The molecule has 29 heavy (non-hydrogen) atoms. The molecular weight excluding hydrogens is 369 g/mol. The van der Waals surface area contributed by atoms with E-state index in [1.807, 2.05) is 43.3 Å². The van der Waals surface area contributed by atoms with E-state index >= 15 is 0 Å². The normalized spacial score (nSPS) is 22.3. The Balaban J connectivity index is 1.40. The van der Waals surface area contributed by atoms with E-state index in [1.54, 1.807) is 6.20 Å². The van der Waals surface area contributed by atoms with Crippen LogP contribution in [0.4, 0.5) is 15.9 Å². The van der Waals surface area contributed by atoms with Crippen molar-refractivity contribution >= 4 is 17.4 Å². The fraction of sp³-hybridized carbons (Fsp3) is 0.273. The first-order valence-electron chi connectivity index (χ1n) is 9.69. The van der Waals surface area contributed by atoms with Crippen molar-refractivity contribution in [3.05, 3.63) is 66.4 Å². The highest BCUT2D eigenvalue weighted by Crippen LogP contribution is 2.47. The molecule has 2 saturated heterocycles. The Morgan fingerprint density at radius 2 is 1.93 bits per heavy atom. The number of fused-ring (bicyclic) bond motifs is 1. The number of amides is 1. The first-order chi connectivity index (χ1) is 14.1. The van der Waals surface area contributed by atoms with Gasteiger partial charge in [0.05, 0.1) is 12.4 Å². The number of carbonyl (C=O) groups is 1. The molecule has 146 valence electrons. The van der Waals surface area contributed by atoms with Crippen LogP contribution in [0.1, 0.15) is 18.4 Å². The molecule has 1 N–H and O–H groups in total. The maximum atomic E-state index is 13.2. The number of carbonyl (C=O) groups excluding carboxylic acids is 1. The van der Waals surface area contributed by atoms with Gasteiger partial charge in [0.1, 0.15) is 11.9 Å². The van der Waals surface area contributed by atoms with Crippen LogP contribution < -0.4 is 10.2 Å². The van der Waals surface area contributed by atoms with Gasteiger partial charge in [0, 0.05) is 23.5 Å². The van der Waals surface area contributed by atoms with Crippen molar-refractivity contribution in [1.82, 2.24) is 15.0 Å². The van der Waals surface area contributed by atoms with Gasteiger partial charge in [-0.2, -0.15) is 0 Å². The number of pyridine rings is 1. The van der Waals surface area contributed by atoms with Crippen LogP contribution in [0.2, 0.25) is 0 Å². The zero-order valence-corrected chi connectivity index (χ0v) is 15.9. The molecule has 7 heteroatoms. The summed E-state index contributed by atoms with van der Waals surface area (Å²) < 4.78 is 13.2. The summed E-state index contributed by atoms with van der Waals surface area (Å²) in [6.07, 6.45) is 6.09. The molecular formula is C22H20FN5O. The largest absolute Gasteiger partial charge is 0.341 e. The highest BCUT2D eigenvalue weighted by Gasteiger charge is 2.54. The number of benzene rings is 1. The zero-order valence-electron chi connectivity index (χ0n) is 15.9. The van der Waals surface area contributed by atoms with Crippen molar-refractivity contribution in [1.29, 1.82) is 0 Å². The number of hydrogen-bond acceptors (Lipinski definition) is 5. The van der Waals surface area contributed by atoms with E-state index in [4.69, 9.17) is 0 Å². The van der Waals surface area contributed by atoms with Crippen LogP contribution in [-0.4, -0.2) is 32.9 Å². The number of aryl methyl sites for hydroxylation is 1. The standard InChI is InChI=1S/C22H20FN5O/c1-13-5-6-16(10-18(13)21-25-11-15(23)12-26-21)27-22(29)20-14-8-17(9-14)28(20)19-4-2-3-7-24-19/h2-7,10-12,14,17,20H,8-9H2,1H3,(H,27,29). The lowest BCUT2D eigenvalue weighted by atomic mass is 9.82. The van der Waals surface area contributed by atoms with E-state index in [-0.39, 0.29) is 11.9 Å². The Labute approximate surface area is 167 Å². The monoisotopic (exact) mass is 389 g/mol. The summed E-state index contributed by atoms with van der Waals surface area (Å²) in [5.74, 6) is 1.12. The van der Waals surface area contributed by atoms with Gasteiger partial charge in [-0.15, -0.1) is 0 Å². The molecule has 1 amide bonds. The fourth-order valence-electron chi connectivity index (χ4n) is 4.35. The number of nitrogens with zero attached hydrogens (tertiary/aromatic N) is 4. The van der Waals surface area contributed by atoms with Gasteiger partial charge in [-0.05, 0) is 55.5 Å². The van der Waals surface area contributed by atoms with E-state index in [0.29, 0.717) is 23.5 Å². The average molecular weight is 389 g/mol. The summed E-state index contributed by atoms with van der Waals surface area (Å²) in [7, 11) is 0. The van der Waals surface area contributed by atoms with Crippen LogP contribution in [-0.2, 0) is 4.79 Å². The van der Waals surface area contributed by atoms with Crippen LogP contribution >= 0.6 is 0 Å². The molecule has 0 spiro atoms. The van der Waals surface area contributed by atoms with Gasteiger partial charge in [0.25, 0.3) is 0 Å². The average Bonchev–Trinajstić information content (AvgIpc) is 3.27. The van der Waals surface area contributed by atoms with E-state index in [2.05, 4.69) is 25.2 Å². The second-order valence-corrected chi connectivity index (χ2v) is 7.67. The highest BCUT2D eigenvalue weighted by molar-refractivity contribution is 5.98. The third-order valence-electron chi connectivity index (χ3n) is 5.84. The molecule has 2 aliphatic heterocycles. The lowest BCUT2D eigenvalue weighted by molar-refractivity contribution is -0.117. The number of nitrogens with one attached hydrogen (secondary N) is 1. The fourth-order valence-corrected chi connectivity index (χ4v) is 4.35. The Bertz CT molecular complexity index is 1050. The Morgan fingerprint density at radius 1 is 1.14 bits per heavy atom. The van der Waals surface area contributed by atoms with Gasteiger partial charge in [-0.1, -0.05) is 12.1 Å². The molecule has 3 aliphatic rings. The van der Waals surface area contributed by atoms with Crippen molar-refractivity contribution in [2.45, 2.75) is 31.8 Å². The number of rotatable bonds is 4. The van der Waals surface area contributed by atoms with Crippen molar-refractivity contribution < 1.29 is 9.18 Å². The predicted octanol–water partition coefficient (Wildman–Crippen LogP) is 3.59. The molecule has 2 aromatic heterocycles. The minimum Gasteiger partial charge on any atom is -0.341 e. The Hall–Kier alpha value is -3.35. The third kappa shape index (κ3) is 3.12. The van der Waals surface area contributed by atoms with E-state index in [1.165, 1.54) is 0 Å². The summed E-state index contributed by atoms with van der Waals surface area (Å²) in [6, 6.07) is 11.6. The first-order valence-corrected chi connectivity index (χ1v) is 9.69. The zero-order chi connectivity index (χ0) is 20.0. The summed E-state index contributed by atoms with van der Waals surface area (Å²) >= 11 is 0. The minimum absolute atomic E-state index is 0.0320. The van der Waals surface area contributed by atoms with Crippen LogP contribution in [0.15, 0.2) is 55.0 Å². The maximum Gasteiger partial charge on any atom is 0.247 e. The quantitative estimate of drug-likeness (QED) is 0.738. The number of anilines is 2. The van der Waals surface area contributed by atoms with Gasteiger partial charge in [-0.3, -0.25) is 4.79 Å². The molecule has 2 bridgehead atoms. The molecule has 0 radical (unpaired) electrons.